The monoisotopic (exact) mass is 179 g/mol. The predicted octanol–water partition coefficient (Wildman–Crippen LogP) is 1.99. The summed E-state index contributed by atoms with van der Waals surface area (Å²) < 4.78 is 1.66. The first-order valence-electron chi connectivity index (χ1n) is 4.50. The van der Waals surface area contributed by atoms with E-state index in [0.717, 1.165) is 11.3 Å². The van der Waals surface area contributed by atoms with E-state index in [0.29, 0.717) is 0 Å². The van der Waals surface area contributed by atoms with Crippen molar-refractivity contribution in [2.45, 2.75) is 33.1 Å². The molecule has 0 fully saturated rings. The van der Waals surface area contributed by atoms with Crippen LogP contribution in [-0.2, 0) is 12.5 Å². The van der Waals surface area contributed by atoms with Gasteiger partial charge in [-0.05, 0) is 24.0 Å². The molecule has 1 aromatic heterocycles. The van der Waals surface area contributed by atoms with Crippen LogP contribution in [0, 0.1) is 6.92 Å². The molecule has 0 amide bonds. The number of aryl methyl sites for hydroxylation is 1. The van der Waals surface area contributed by atoms with Gasteiger partial charge >= 0.3 is 0 Å². The molecule has 0 aliphatic carbocycles. The van der Waals surface area contributed by atoms with Crippen molar-refractivity contribution in [1.29, 1.82) is 0 Å². The summed E-state index contributed by atoms with van der Waals surface area (Å²) in [6.45, 7) is 8.29. The lowest BCUT2D eigenvalue weighted by molar-refractivity contribution is 0.584. The molecule has 0 N–H and O–H groups in total. The third-order valence-corrected chi connectivity index (χ3v) is 2.37. The van der Waals surface area contributed by atoms with Gasteiger partial charge in [0, 0.05) is 18.8 Å². The Labute approximate surface area is 79.2 Å². The minimum atomic E-state index is 0.0537. The van der Waals surface area contributed by atoms with E-state index in [1.807, 2.05) is 6.92 Å². The summed E-state index contributed by atoms with van der Waals surface area (Å²) in [5.41, 5.74) is 2.24. The Morgan fingerprint density at radius 2 is 1.77 bits per heavy atom. The maximum atomic E-state index is 11.5. The minimum absolute atomic E-state index is 0.0537. The highest BCUT2D eigenvalue weighted by Crippen LogP contribution is 2.20. The second-order valence-corrected chi connectivity index (χ2v) is 4.53. The van der Waals surface area contributed by atoms with Crippen molar-refractivity contribution in [1.82, 2.24) is 4.57 Å². The SMILES string of the molecule is Cc1cc(C(C)(C)C)cc(=O)n1C. The van der Waals surface area contributed by atoms with Crippen molar-refractivity contribution in [3.8, 4) is 0 Å². The van der Waals surface area contributed by atoms with Crippen LogP contribution in [0.2, 0.25) is 0 Å². The van der Waals surface area contributed by atoms with Crippen LogP contribution in [0.15, 0.2) is 16.9 Å². The first-order chi connectivity index (χ1) is 5.82. The van der Waals surface area contributed by atoms with Gasteiger partial charge in [-0.1, -0.05) is 20.8 Å². The molecule has 0 aliphatic rings. The lowest BCUT2D eigenvalue weighted by atomic mass is 9.87. The number of rotatable bonds is 0. The molecule has 1 heterocycles. The van der Waals surface area contributed by atoms with Crippen molar-refractivity contribution >= 4 is 0 Å². The summed E-state index contributed by atoms with van der Waals surface area (Å²) in [5.74, 6) is 0. The van der Waals surface area contributed by atoms with E-state index >= 15 is 0 Å². The smallest absolute Gasteiger partial charge is 0.250 e. The van der Waals surface area contributed by atoms with Gasteiger partial charge in [0.2, 0.25) is 0 Å². The highest BCUT2D eigenvalue weighted by Gasteiger charge is 2.14. The average molecular weight is 179 g/mol. The zero-order valence-electron chi connectivity index (χ0n) is 9.01. The van der Waals surface area contributed by atoms with Crippen molar-refractivity contribution in [3.05, 3.63) is 33.7 Å². The lowest BCUT2D eigenvalue weighted by Gasteiger charge is -2.19. The molecule has 0 radical (unpaired) electrons. The van der Waals surface area contributed by atoms with Gasteiger partial charge in [-0.15, -0.1) is 0 Å². The third kappa shape index (κ3) is 2.00. The summed E-state index contributed by atoms with van der Waals surface area (Å²) in [6.07, 6.45) is 0. The summed E-state index contributed by atoms with van der Waals surface area (Å²) >= 11 is 0. The Morgan fingerprint density at radius 3 is 2.15 bits per heavy atom. The molecule has 0 spiro atoms. The minimum Gasteiger partial charge on any atom is -0.316 e. The fourth-order valence-electron chi connectivity index (χ4n) is 1.20. The Hall–Kier alpha value is -1.05. The molecular formula is C11H17NO. The standard InChI is InChI=1S/C11H17NO/c1-8-6-9(11(2,3)4)7-10(13)12(8)5/h6-7H,1-5H3. The molecule has 1 aromatic rings. The Kier molecular flexibility index (Phi) is 2.33. The van der Waals surface area contributed by atoms with E-state index in [1.54, 1.807) is 17.7 Å². The van der Waals surface area contributed by atoms with Crippen molar-refractivity contribution in [2.75, 3.05) is 0 Å². The molecule has 0 unspecified atom stereocenters. The quantitative estimate of drug-likeness (QED) is 0.597. The maximum Gasteiger partial charge on any atom is 0.250 e. The van der Waals surface area contributed by atoms with Crippen LogP contribution in [0.5, 0.6) is 0 Å². The highest BCUT2D eigenvalue weighted by atomic mass is 16.1. The zero-order chi connectivity index (χ0) is 10.2. The molecule has 1 rings (SSSR count). The fourth-order valence-corrected chi connectivity index (χ4v) is 1.20. The molecule has 0 aromatic carbocycles. The topological polar surface area (TPSA) is 22.0 Å². The zero-order valence-corrected chi connectivity index (χ0v) is 9.01. The van der Waals surface area contributed by atoms with Gasteiger partial charge in [-0.3, -0.25) is 4.79 Å². The molecule has 2 nitrogen and oxygen atoms in total. The number of hydrogen-bond acceptors (Lipinski definition) is 1. The van der Waals surface area contributed by atoms with Gasteiger partial charge in [0.05, 0.1) is 0 Å². The second kappa shape index (κ2) is 3.02. The van der Waals surface area contributed by atoms with Crippen LogP contribution in [0.1, 0.15) is 32.0 Å². The highest BCUT2D eigenvalue weighted by molar-refractivity contribution is 5.23. The van der Waals surface area contributed by atoms with Crippen LogP contribution in [0.4, 0.5) is 0 Å². The maximum absolute atomic E-state index is 11.5. The molecule has 13 heavy (non-hydrogen) atoms. The van der Waals surface area contributed by atoms with E-state index in [9.17, 15) is 4.79 Å². The van der Waals surface area contributed by atoms with Gasteiger partial charge in [-0.2, -0.15) is 0 Å². The van der Waals surface area contributed by atoms with Gasteiger partial charge < -0.3 is 4.57 Å². The lowest BCUT2D eigenvalue weighted by Crippen LogP contribution is -2.22. The number of nitrogens with zero attached hydrogens (tertiary/aromatic N) is 1. The number of pyridine rings is 1. The molecule has 0 bridgehead atoms. The van der Waals surface area contributed by atoms with Crippen molar-refractivity contribution in [3.63, 3.8) is 0 Å². The van der Waals surface area contributed by atoms with Crippen LogP contribution in [-0.4, -0.2) is 4.57 Å². The number of aromatic nitrogens is 1. The van der Waals surface area contributed by atoms with Crippen LogP contribution < -0.4 is 5.56 Å². The first-order valence-corrected chi connectivity index (χ1v) is 4.50. The van der Waals surface area contributed by atoms with Crippen LogP contribution >= 0.6 is 0 Å². The van der Waals surface area contributed by atoms with Crippen LogP contribution in [0.25, 0.3) is 0 Å². The molecule has 2 heteroatoms. The van der Waals surface area contributed by atoms with E-state index in [1.165, 1.54) is 0 Å². The van der Waals surface area contributed by atoms with Gasteiger partial charge in [0.25, 0.3) is 5.56 Å². The van der Waals surface area contributed by atoms with E-state index in [-0.39, 0.29) is 11.0 Å². The molecule has 0 saturated carbocycles. The summed E-state index contributed by atoms with van der Waals surface area (Å²) in [6, 6.07) is 3.79. The van der Waals surface area contributed by atoms with Gasteiger partial charge in [0.15, 0.2) is 0 Å². The Bertz CT molecular complexity index is 369. The molecule has 0 saturated heterocycles. The van der Waals surface area contributed by atoms with Gasteiger partial charge in [0.1, 0.15) is 0 Å². The van der Waals surface area contributed by atoms with E-state index < -0.39 is 0 Å². The summed E-state index contributed by atoms with van der Waals surface area (Å²) in [7, 11) is 1.80. The fraction of sp³-hybridized carbons (Fsp3) is 0.545. The van der Waals surface area contributed by atoms with Crippen molar-refractivity contribution < 1.29 is 0 Å². The van der Waals surface area contributed by atoms with Crippen molar-refractivity contribution in [2.24, 2.45) is 7.05 Å². The third-order valence-electron chi connectivity index (χ3n) is 2.37. The van der Waals surface area contributed by atoms with Crippen LogP contribution in [0.3, 0.4) is 0 Å². The Morgan fingerprint density at radius 1 is 1.23 bits per heavy atom. The predicted molar refractivity (Wildman–Crippen MR) is 55.1 cm³/mol. The Balaban J connectivity index is 3.38. The number of hydrogen-bond donors (Lipinski definition) is 0. The molecular weight excluding hydrogens is 162 g/mol. The average Bonchev–Trinajstić information content (AvgIpc) is 1.97. The molecule has 0 aliphatic heterocycles. The van der Waals surface area contributed by atoms with E-state index in [4.69, 9.17) is 0 Å². The van der Waals surface area contributed by atoms with E-state index in [2.05, 4.69) is 26.8 Å². The largest absolute Gasteiger partial charge is 0.316 e. The summed E-state index contributed by atoms with van der Waals surface area (Å²) in [5, 5.41) is 0. The molecule has 0 atom stereocenters. The second-order valence-electron chi connectivity index (χ2n) is 4.53. The molecule has 72 valence electrons. The van der Waals surface area contributed by atoms with Gasteiger partial charge in [-0.25, -0.2) is 0 Å². The first kappa shape index (κ1) is 10.0. The summed E-state index contributed by atoms with van der Waals surface area (Å²) in [4.78, 5) is 11.5. The normalized spacial score (nSPS) is 11.8.